The van der Waals surface area contributed by atoms with E-state index in [4.69, 9.17) is 21.3 Å². The third-order valence-corrected chi connectivity index (χ3v) is 5.26. The SMILES string of the molecule is COc1ccc(C2=N[C@@H](c3ccccc3F)N[C@H](c3cc(Cl)ccc3O)C2)cc1. The van der Waals surface area contributed by atoms with Crippen LogP contribution >= 0.6 is 11.6 Å². The monoisotopic (exact) mass is 410 g/mol. The van der Waals surface area contributed by atoms with Gasteiger partial charge in [0.15, 0.2) is 0 Å². The normalized spacial score (nSPS) is 18.9. The highest BCUT2D eigenvalue weighted by Crippen LogP contribution is 2.36. The molecule has 4 nitrogen and oxygen atoms in total. The summed E-state index contributed by atoms with van der Waals surface area (Å²) in [5, 5.41) is 14.3. The topological polar surface area (TPSA) is 53.8 Å². The molecule has 0 saturated carbocycles. The molecule has 0 bridgehead atoms. The van der Waals surface area contributed by atoms with Crippen LogP contribution in [-0.4, -0.2) is 17.9 Å². The predicted molar refractivity (Wildman–Crippen MR) is 112 cm³/mol. The Labute approximate surface area is 173 Å². The first-order valence-electron chi connectivity index (χ1n) is 9.25. The highest BCUT2D eigenvalue weighted by molar-refractivity contribution is 6.30. The second-order valence-electron chi connectivity index (χ2n) is 6.85. The molecule has 0 fully saturated rings. The lowest BCUT2D eigenvalue weighted by molar-refractivity contribution is 0.405. The fourth-order valence-electron chi connectivity index (χ4n) is 3.52. The Kier molecular flexibility index (Phi) is 5.51. The Balaban J connectivity index is 1.77. The molecule has 2 atom stereocenters. The molecule has 6 heteroatoms. The molecule has 1 aliphatic rings. The minimum Gasteiger partial charge on any atom is -0.508 e. The van der Waals surface area contributed by atoms with Crippen LogP contribution in [0.25, 0.3) is 0 Å². The highest BCUT2D eigenvalue weighted by Gasteiger charge is 2.29. The summed E-state index contributed by atoms with van der Waals surface area (Å²) in [4.78, 5) is 4.78. The fraction of sp³-hybridized carbons (Fsp3) is 0.174. The molecule has 29 heavy (non-hydrogen) atoms. The zero-order chi connectivity index (χ0) is 20.4. The molecule has 4 rings (SSSR count). The van der Waals surface area contributed by atoms with Gasteiger partial charge in [-0.3, -0.25) is 10.3 Å². The molecule has 0 amide bonds. The molecule has 0 saturated heterocycles. The minimum atomic E-state index is -0.592. The number of hydrogen-bond acceptors (Lipinski definition) is 4. The van der Waals surface area contributed by atoms with Crippen LogP contribution < -0.4 is 10.1 Å². The molecule has 0 spiro atoms. The van der Waals surface area contributed by atoms with Crippen LogP contribution in [0.3, 0.4) is 0 Å². The number of aromatic hydroxyl groups is 1. The third-order valence-electron chi connectivity index (χ3n) is 5.03. The Morgan fingerprint density at radius 2 is 1.83 bits per heavy atom. The molecule has 1 heterocycles. The maximum atomic E-state index is 14.5. The number of rotatable bonds is 4. The van der Waals surface area contributed by atoms with Gasteiger partial charge in [-0.2, -0.15) is 0 Å². The molecule has 1 aliphatic heterocycles. The number of nitrogens with zero attached hydrogens (tertiary/aromatic N) is 1. The van der Waals surface area contributed by atoms with E-state index in [0.717, 1.165) is 17.0 Å². The van der Waals surface area contributed by atoms with Gasteiger partial charge < -0.3 is 9.84 Å². The van der Waals surface area contributed by atoms with E-state index in [1.807, 2.05) is 24.3 Å². The quantitative estimate of drug-likeness (QED) is 0.604. The van der Waals surface area contributed by atoms with Crippen molar-refractivity contribution in [3.63, 3.8) is 0 Å². The van der Waals surface area contributed by atoms with Crippen molar-refractivity contribution in [2.24, 2.45) is 4.99 Å². The minimum absolute atomic E-state index is 0.134. The zero-order valence-corrected chi connectivity index (χ0v) is 16.5. The third kappa shape index (κ3) is 4.11. The van der Waals surface area contributed by atoms with E-state index < -0.39 is 6.17 Å². The Bertz CT molecular complexity index is 1050. The zero-order valence-electron chi connectivity index (χ0n) is 15.8. The van der Waals surface area contributed by atoms with Gasteiger partial charge in [-0.15, -0.1) is 0 Å². The van der Waals surface area contributed by atoms with Gasteiger partial charge in [0.2, 0.25) is 0 Å². The molecule has 0 unspecified atom stereocenters. The van der Waals surface area contributed by atoms with E-state index in [2.05, 4.69) is 5.32 Å². The van der Waals surface area contributed by atoms with E-state index in [9.17, 15) is 9.50 Å². The van der Waals surface area contributed by atoms with E-state index in [-0.39, 0.29) is 17.6 Å². The smallest absolute Gasteiger partial charge is 0.129 e. The van der Waals surface area contributed by atoms with Gasteiger partial charge in [0.05, 0.1) is 7.11 Å². The molecular weight excluding hydrogens is 391 g/mol. The fourth-order valence-corrected chi connectivity index (χ4v) is 3.71. The first-order valence-corrected chi connectivity index (χ1v) is 9.63. The number of nitrogens with one attached hydrogen (secondary N) is 1. The van der Waals surface area contributed by atoms with Crippen LogP contribution in [0, 0.1) is 5.82 Å². The molecule has 0 aliphatic carbocycles. The summed E-state index contributed by atoms with van der Waals surface area (Å²) >= 11 is 6.16. The summed E-state index contributed by atoms with van der Waals surface area (Å²) in [7, 11) is 1.61. The largest absolute Gasteiger partial charge is 0.508 e. The standard InChI is InChI=1S/C23H20ClFN2O2/c1-29-16-9-6-14(7-10-16)20-13-21(18-12-15(24)8-11-22(18)28)27-23(26-20)17-4-2-3-5-19(17)25/h2-12,21,23,27-28H,13H2,1H3/t21-,23+/m0/s1. The summed E-state index contributed by atoms with van der Waals surface area (Å²) in [5.41, 5.74) is 2.83. The number of halogens is 2. The number of phenolic OH excluding ortho intramolecular Hbond substituents is 1. The van der Waals surface area contributed by atoms with Gasteiger partial charge in [-0.05, 0) is 54.1 Å². The van der Waals surface area contributed by atoms with Crippen molar-refractivity contribution in [1.29, 1.82) is 0 Å². The summed E-state index contributed by atoms with van der Waals surface area (Å²) in [5.74, 6) is 0.548. The van der Waals surface area contributed by atoms with Crippen molar-refractivity contribution in [2.75, 3.05) is 7.11 Å². The van der Waals surface area contributed by atoms with Crippen molar-refractivity contribution in [1.82, 2.24) is 5.32 Å². The second kappa shape index (κ2) is 8.23. The van der Waals surface area contributed by atoms with Crippen molar-refractivity contribution in [3.05, 3.63) is 94.3 Å². The molecular formula is C23H20ClFN2O2. The predicted octanol–water partition coefficient (Wildman–Crippen LogP) is 5.42. The van der Waals surface area contributed by atoms with E-state index in [1.54, 1.807) is 43.5 Å². The van der Waals surface area contributed by atoms with Crippen LogP contribution in [0.5, 0.6) is 11.5 Å². The first-order chi connectivity index (χ1) is 14.0. The average molecular weight is 411 g/mol. The molecule has 3 aromatic rings. The maximum absolute atomic E-state index is 14.5. The average Bonchev–Trinajstić information content (AvgIpc) is 2.75. The first kappa shape index (κ1) is 19.4. The summed E-state index contributed by atoms with van der Waals surface area (Å²) in [6, 6.07) is 18.8. The van der Waals surface area contributed by atoms with Crippen LogP contribution in [0.4, 0.5) is 4.39 Å². The Morgan fingerprint density at radius 3 is 2.55 bits per heavy atom. The van der Waals surface area contributed by atoms with Crippen molar-refractivity contribution in [3.8, 4) is 11.5 Å². The maximum Gasteiger partial charge on any atom is 0.129 e. The van der Waals surface area contributed by atoms with E-state index in [1.165, 1.54) is 6.07 Å². The van der Waals surface area contributed by atoms with Crippen LogP contribution in [0.15, 0.2) is 71.7 Å². The van der Waals surface area contributed by atoms with Crippen molar-refractivity contribution < 1.29 is 14.2 Å². The molecule has 2 N–H and O–H groups in total. The number of benzene rings is 3. The number of phenols is 1. The van der Waals surface area contributed by atoms with Gasteiger partial charge in [0.25, 0.3) is 0 Å². The van der Waals surface area contributed by atoms with Crippen LogP contribution in [0.1, 0.15) is 35.3 Å². The summed E-state index contributed by atoms with van der Waals surface area (Å²) in [6.45, 7) is 0. The second-order valence-corrected chi connectivity index (χ2v) is 7.29. The van der Waals surface area contributed by atoms with Gasteiger partial charge in [0.1, 0.15) is 23.5 Å². The number of methoxy groups -OCH3 is 1. The van der Waals surface area contributed by atoms with Gasteiger partial charge in [0, 0.05) is 34.3 Å². The lowest BCUT2D eigenvalue weighted by atomic mass is 9.93. The van der Waals surface area contributed by atoms with Gasteiger partial charge in [-0.25, -0.2) is 4.39 Å². The Hall–Kier alpha value is -2.89. The van der Waals surface area contributed by atoms with E-state index in [0.29, 0.717) is 22.6 Å². The number of aliphatic imine (C=N–C) groups is 1. The summed E-state index contributed by atoms with van der Waals surface area (Å²) in [6.07, 6.45) is -0.0732. The number of ether oxygens (including phenoxy) is 1. The Morgan fingerprint density at radius 1 is 1.07 bits per heavy atom. The van der Waals surface area contributed by atoms with Crippen LogP contribution in [0.2, 0.25) is 5.02 Å². The number of hydrogen-bond donors (Lipinski definition) is 2. The van der Waals surface area contributed by atoms with Crippen LogP contribution in [-0.2, 0) is 0 Å². The van der Waals surface area contributed by atoms with E-state index >= 15 is 0 Å². The molecule has 3 aromatic carbocycles. The van der Waals surface area contributed by atoms with Gasteiger partial charge in [-0.1, -0.05) is 29.8 Å². The van der Waals surface area contributed by atoms with Crippen molar-refractivity contribution >= 4 is 17.3 Å². The van der Waals surface area contributed by atoms with Crippen molar-refractivity contribution in [2.45, 2.75) is 18.6 Å². The molecule has 0 radical (unpaired) electrons. The summed E-state index contributed by atoms with van der Waals surface area (Å²) < 4.78 is 19.7. The molecule has 0 aromatic heterocycles. The lowest BCUT2D eigenvalue weighted by Gasteiger charge is -2.31. The highest BCUT2D eigenvalue weighted by atomic mass is 35.5. The molecule has 148 valence electrons. The van der Waals surface area contributed by atoms with Gasteiger partial charge >= 0.3 is 0 Å². The lowest BCUT2D eigenvalue weighted by Crippen LogP contribution is -2.33.